The molecule has 0 aliphatic rings. The number of nitrogens with zero attached hydrogens (tertiary/aromatic N) is 3. The fourth-order valence-corrected chi connectivity index (χ4v) is 4.20. The van der Waals surface area contributed by atoms with Crippen LogP contribution in [0.2, 0.25) is 0 Å². The van der Waals surface area contributed by atoms with Crippen molar-refractivity contribution in [3.8, 4) is 0 Å². The van der Waals surface area contributed by atoms with Gasteiger partial charge in [-0.2, -0.15) is 0 Å². The molecule has 0 radical (unpaired) electrons. The Morgan fingerprint density at radius 1 is 1.07 bits per heavy atom. The molecule has 0 unspecified atom stereocenters. The highest BCUT2D eigenvalue weighted by molar-refractivity contribution is 7.99. The first-order valence-electron chi connectivity index (χ1n) is 9.78. The van der Waals surface area contributed by atoms with Gasteiger partial charge in [0.15, 0.2) is 5.16 Å². The van der Waals surface area contributed by atoms with Crippen molar-refractivity contribution in [1.29, 1.82) is 0 Å². The topological polar surface area (TPSA) is 51.9 Å². The highest BCUT2D eigenvalue weighted by Crippen LogP contribution is 2.27. The summed E-state index contributed by atoms with van der Waals surface area (Å²) in [6, 6.07) is 20.1. The molecule has 0 saturated carbocycles. The van der Waals surface area contributed by atoms with Crippen molar-refractivity contribution in [3.05, 3.63) is 95.6 Å². The normalized spacial score (nSPS) is 10.9. The summed E-state index contributed by atoms with van der Waals surface area (Å²) in [6.07, 6.45) is 3.70. The summed E-state index contributed by atoms with van der Waals surface area (Å²) in [5, 5.41) is 3.95. The molecule has 1 amide bonds. The van der Waals surface area contributed by atoms with Gasteiger partial charge in [0.25, 0.3) is 5.91 Å². The Balaban J connectivity index is 1.46. The molecule has 0 atom stereocenters. The van der Waals surface area contributed by atoms with Gasteiger partial charge in [-0.05, 0) is 49.7 Å². The number of nitrogens with one attached hydrogen (secondary N) is 1. The summed E-state index contributed by atoms with van der Waals surface area (Å²) in [5.41, 5.74) is 4.73. The SMILES string of the molecule is Cc1cc(C(=O)Nc2ccc(Sc3nccn3C)cc2)c(C)n1Cc1ccccc1. The number of aryl methyl sites for hydroxylation is 2. The van der Waals surface area contributed by atoms with E-state index >= 15 is 0 Å². The molecule has 0 aliphatic carbocycles. The average Bonchev–Trinajstić information content (AvgIpc) is 3.28. The summed E-state index contributed by atoms with van der Waals surface area (Å²) >= 11 is 1.59. The highest BCUT2D eigenvalue weighted by Gasteiger charge is 2.16. The molecular formula is C24H24N4OS. The lowest BCUT2D eigenvalue weighted by Crippen LogP contribution is -2.13. The zero-order chi connectivity index (χ0) is 21.1. The van der Waals surface area contributed by atoms with Crippen LogP contribution in [0.4, 0.5) is 5.69 Å². The van der Waals surface area contributed by atoms with E-state index in [1.807, 2.05) is 80.2 Å². The fraction of sp³-hybridized carbons (Fsp3) is 0.167. The maximum absolute atomic E-state index is 12.9. The minimum atomic E-state index is -0.0908. The molecule has 5 nitrogen and oxygen atoms in total. The van der Waals surface area contributed by atoms with Crippen molar-refractivity contribution in [1.82, 2.24) is 14.1 Å². The number of carbonyl (C=O) groups excluding carboxylic acids is 1. The van der Waals surface area contributed by atoms with Crippen molar-refractivity contribution in [2.24, 2.45) is 7.05 Å². The molecule has 0 fully saturated rings. The first kappa shape index (κ1) is 20.0. The zero-order valence-corrected chi connectivity index (χ0v) is 18.1. The van der Waals surface area contributed by atoms with Gasteiger partial charge in [0, 0.05) is 48.0 Å². The first-order valence-corrected chi connectivity index (χ1v) is 10.6. The predicted molar refractivity (Wildman–Crippen MR) is 121 cm³/mol. The molecule has 0 spiro atoms. The van der Waals surface area contributed by atoms with Gasteiger partial charge in [-0.25, -0.2) is 4.98 Å². The molecule has 4 aromatic rings. The first-order chi connectivity index (χ1) is 14.5. The lowest BCUT2D eigenvalue weighted by molar-refractivity contribution is 0.102. The fourth-order valence-electron chi connectivity index (χ4n) is 3.40. The summed E-state index contributed by atoms with van der Waals surface area (Å²) in [5.74, 6) is -0.0908. The lowest BCUT2D eigenvalue weighted by Gasteiger charge is -2.10. The molecular weight excluding hydrogens is 392 g/mol. The van der Waals surface area contributed by atoms with E-state index in [9.17, 15) is 4.79 Å². The third kappa shape index (κ3) is 4.33. The number of rotatable bonds is 6. The number of aromatic nitrogens is 3. The van der Waals surface area contributed by atoms with Crippen LogP contribution in [0.15, 0.2) is 83.1 Å². The second-order valence-electron chi connectivity index (χ2n) is 7.26. The zero-order valence-electron chi connectivity index (χ0n) is 17.3. The number of anilines is 1. The van der Waals surface area contributed by atoms with Gasteiger partial charge < -0.3 is 14.5 Å². The Bertz CT molecular complexity index is 1160. The Hall–Kier alpha value is -3.25. The van der Waals surface area contributed by atoms with Crippen LogP contribution in [0.3, 0.4) is 0 Å². The quantitative estimate of drug-likeness (QED) is 0.465. The van der Waals surface area contributed by atoms with Crippen LogP contribution in [-0.2, 0) is 13.6 Å². The van der Waals surface area contributed by atoms with E-state index in [1.165, 1.54) is 5.56 Å². The van der Waals surface area contributed by atoms with Crippen LogP contribution in [0, 0.1) is 13.8 Å². The van der Waals surface area contributed by atoms with E-state index in [0.717, 1.165) is 33.7 Å². The van der Waals surface area contributed by atoms with Crippen LogP contribution >= 0.6 is 11.8 Å². The van der Waals surface area contributed by atoms with Crippen molar-refractivity contribution in [2.45, 2.75) is 30.4 Å². The molecule has 152 valence electrons. The minimum absolute atomic E-state index is 0.0908. The molecule has 2 aromatic heterocycles. The lowest BCUT2D eigenvalue weighted by atomic mass is 10.2. The van der Waals surface area contributed by atoms with Crippen molar-refractivity contribution in [3.63, 3.8) is 0 Å². The third-order valence-corrected chi connectivity index (χ3v) is 6.18. The number of hydrogen-bond donors (Lipinski definition) is 1. The highest BCUT2D eigenvalue weighted by atomic mass is 32.2. The summed E-state index contributed by atoms with van der Waals surface area (Å²) in [4.78, 5) is 18.3. The summed E-state index contributed by atoms with van der Waals surface area (Å²) < 4.78 is 4.16. The molecule has 2 aromatic carbocycles. The number of imidazole rings is 1. The van der Waals surface area contributed by atoms with Gasteiger partial charge in [-0.15, -0.1) is 0 Å². The van der Waals surface area contributed by atoms with Gasteiger partial charge in [-0.1, -0.05) is 42.1 Å². The van der Waals surface area contributed by atoms with Gasteiger partial charge in [-0.3, -0.25) is 4.79 Å². The molecule has 0 saturated heterocycles. The molecule has 4 rings (SSSR count). The van der Waals surface area contributed by atoms with Crippen LogP contribution < -0.4 is 5.32 Å². The van der Waals surface area contributed by atoms with Crippen LogP contribution in [0.1, 0.15) is 27.3 Å². The molecule has 30 heavy (non-hydrogen) atoms. The Labute approximate surface area is 180 Å². The number of amides is 1. The number of benzene rings is 2. The van der Waals surface area contributed by atoms with Gasteiger partial charge in [0.05, 0.1) is 5.56 Å². The summed E-state index contributed by atoms with van der Waals surface area (Å²) in [6.45, 7) is 4.79. The molecule has 2 heterocycles. The summed E-state index contributed by atoms with van der Waals surface area (Å²) in [7, 11) is 1.97. The van der Waals surface area contributed by atoms with Crippen LogP contribution in [-0.4, -0.2) is 20.0 Å². The maximum atomic E-state index is 12.9. The molecule has 1 N–H and O–H groups in total. The van der Waals surface area contributed by atoms with Crippen LogP contribution in [0.5, 0.6) is 0 Å². The maximum Gasteiger partial charge on any atom is 0.257 e. The molecule has 6 heteroatoms. The average molecular weight is 417 g/mol. The Kier molecular flexibility index (Phi) is 5.77. The van der Waals surface area contributed by atoms with Gasteiger partial charge >= 0.3 is 0 Å². The van der Waals surface area contributed by atoms with E-state index in [1.54, 1.807) is 18.0 Å². The molecule has 0 bridgehead atoms. The monoisotopic (exact) mass is 416 g/mol. The molecule has 0 aliphatic heterocycles. The number of hydrogen-bond acceptors (Lipinski definition) is 3. The third-order valence-electron chi connectivity index (χ3n) is 5.10. The van der Waals surface area contributed by atoms with Crippen molar-refractivity contribution in [2.75, 3.05) is 5.32 Å². The van der Waals surface area contributed by atoms with Crippen LogP contribution in [0.25, 0.3) is 0 Å². The smallest absolute Gasteiger partial charge is 0.257 e. The number of carbonyl (C=O) groups is 1. The second kappa shape index (κ2) is 8.63. The second-order valence-corrected chi connectivity index (χ2v) is 8.30. The minimum Gasteiger partial charge on any atom is -0.344 e. The van der Waals surface area contributed by atoms with E-state index in [0.29, 0.717) is 5.56 Å². The Morgan fingerprint density at radius 3 is 2.47 bits per heavy atom. The van der Waals surface area contributed by atoms with E-state index in [-0.39, 0.29) is 5.91 Å². The predicted octanol–water partition coefficient (Wildman–Crippen LogP) is 5.29. The largest absolute Gasteiger partial charge is 0.344 e. The Morgan fingerprint density at radius 2 is 1.80 bits per heavy atom. The van der Waals surface area contributed by atoms with Gasteiger partial charge in [0.2, 0.25) is 0 Å². The van der Waals surface area contributed by atoms with E-state index < -0.39 is 0 Å². The van der Waals surface area contributed by atoms with Crippen molar-refractivity contribution < 1.29 is 4.79 Å². The van der Waals surface area contributed by atoms with Gasteiger partial charge in [0.1, 0.15) is 0 Å². The van der Waals surface area contributed by atoms with E-state index in [2.05, 4.69) is 27.0 Å². The van der Waals surface area contributed by atoms with E-state index in [4.69, 9.17) is 0 Å². The van der Waals surface area contributed by atoms with Crippen molar-refractivity contribution >= 4 is 23.4 Å². The standard InChI is InChI=1S/C24H24N4OS/c1-17-15-22(18(2)28(17)16-19-7-5-4-6-8-19)23(29)26-20-9-11-21(12-10-20)30-24-25-13-14-27(24)3/h4-15H,16H2,1-3H3,(H,26,29).